The number of nitrogens with zero attached hydrogens (tertiary/aromatic N) is 1. The van der Waals surface area contributed by atoms with Crippen molar-refractivity contribution in [3.05, 3.63) is 35.9 Å². The van der Waals surface area contributed by atoms with Crippen molar-refractivity contribution in [2.75, 3.05) is 26.2 Å². The number of hydrogen-bond acceptors (Lipinski definition) is 0. The van der Waals surface area contributed by atoms with Crippen molar-refractivity contribution >= 4 is 0 Å². The third-order valence-corrected chi connectivity index (χ3v) is 7.11. The Kier molecular flexibility index (Phi) is 24.8. The summed E-state index contributed by atoms with van der Waals surface area (Å²) in [5.41, 5.74) is 1.45. The van der Waals surface area contributed by atoms with Gasteiger partial charge < -0.3 is 16.9 Å². The Morgan fingerprint density at radius 1 is 0.594 bits per heavy atom. The van der Waals surface area contributed by atoms with Gasteiger partial charge >= 0.3 is 0 Å². The van der Waals surface area contributed by atoms with E-state index in [1.807, 2.05) is 0 Å². The van der Waals surface area contributed by atoms with E-state index >= 15 is 0 Å². The summed E-state index contributed by atoms with van der Waals surface area (Å²) in [5, 5.41) is 0. The first kappa shape index (κ1) is 33.6. The van der Waals surface area contributed by atoms with Gasteiger partial charge in [-0.05, 0) is 63.4 Å². The first-order valence-corrected chi connectivity index (χ1v) is 14.0. The molecule has 0 N–H and O–H groups in total. The SMILES string of the molecule is CCC(C)c1ccccc1.CCCCCC[N+](CC)(CCCCCC)CCCCCC.[Cl-]. The molecule has 0 amide bonds. The van der Waals surface area contributed by atoms with E-state index in [0.717, 1.165) is 0 Å². The molecule has 0 aliphatic heterocycles. The van der Waals surface area contributed by atoms with E-state index in [1.54, 1.807) is 0 Å². The van der Waals surface area contributed by atoms with Crippen LogP contribution in [0.25, 0.3) is 0 Å². The molecule has 0 aliphatic rings. The van der Waals surface area contributed by atoms with E-state index in [4.69, 9.17) is 0 Å². The van der Waals surface area contributed by atoms with E-state index < -0.39 is 0 Å². The molecule has 1 nitrogen and oxygen atoms in total. The third-order valence-electron chi connectivity index (χ3n) is 7.11. The van der Waals surface area contributed by atoms with E-state index in [9.17, 15) is 0 Å². The van der Waals surface area contributed by atoms with Crippen molar-refractivity contribution in [3.63, 3.8) is 0 Å². The molecule has 0 aromatic heterocycles. The van der Waals surface area contributed by atoms with Crippen molar-refractivity contribution in [2.45, 2.75) is 131 Å². The lowest BCUT2D eigenvalue weighted by molar-refractivity contribution is -0.927. The monoisotopic (exact) mass is 467 g/mol. The number of rotatable bonds is 18. The van der Waals surface area contributed by atoms with Crippen LogP contribution >= 0.6 is 0 Å². The highest BCUT2D eigenvalue weighted by atomic mass is 35.5. The standard InChI is InChI=1S/C20H44N.C10H14.ClH/c1-5-9-12-15-18-21(8-4,19-16-13-10-6-2)20-17-14-11-7-3;1-3-9(2)10-7-5-4-6-8-10;/h5-20H2,1-4H3;4-9H,3H2,1-2H3;1H/q+1;;/p-1. The quantitative estimate of drug-likeness (QED) is 0.165. The minimum absolute atomic E-state index is 0. The highest BCUT2D eigenvalue weighted by molar-refractivity contribution is 5.18. The van der Waals surface area contributed by atoms with Crippen LogP contribution in [0.3, 0.4) is 0 Å². The van der Waals surface area contributed by atoms with Crippen LogP contribution in [0, 0.1) is 0 Å². The highest BCUT2D eigenvalue weighted by Crippen LogP contribution is 2.18. The molecule has 1 aromatic carbocycles. The lowest BCUT2D eigenvalue weighted by Crippen LogP contribution is -3.00. The zero-order valence-corrected chi connectivity index (χ0v) is 23.6. The Morgan fingerprint density at radius 2 is 1.00 bits per heavy atom. The highest BCUT2D eigenvalue weighted by Gasteiger charge is 2.23. The molecule has 0 spiro atoms. The Labute approximate surface area is 209 Å². The third kappa shape index (κ3) is 17.0. The summed E-state index contributed by atoms with van der Waals surface area (Å²) in [6.07, 6.45) is 18.3. The van der Waals surface area contributed by atoms with Crippen molar-refractivity contribution < 1.29 is 16.9 Å². The van der Waals surface area contributed by atoms with E-state index in [0.29, 0.717) is 5.92 Å². The second kappa shape index (κ2) is 23.6. The summed E-state index contributed by atoms with van der Waals surface area (Å²) in [7, 11) is 0. The Morgan fingerprint density at radius 3 is 1.31 bits per heavy atom. The van der Waals surface area contributed by atoms with Crippen molar-refractivity contribution in [2.24, 2.45) is 0 Å². The summed E-state index contributed by atoms with van der Waals surface area (Å²) in [5.74, 6) is 0.709. The molecule has 0 bridgehead atoms. The van der Waals surface area contributed by atoms with Gasteiger partial charge in [-0.2, -0.15) is 0 Å². The second-order valence-corrected chi connectivity index (χ2v) is 9.73. The van der Waals surface area contributed by atoms with E-state index in [2.05, 4.69) is 71.9 Å². The Balaban J connectivity index is 0. The topological polar surface area (TPSA) is 0 Å². The summed E-state index contributed by atoms with van der Waals surface area (Å²) >= 11 is 0. The van der Waals surface area contributed by atoms with Gasteiger partial charge in [0.1, 0.15) is 0 Å². The van der Waals surface area contributed by atoms with Crippen LogP contribution in [0.15, 0.2) is 30.3 Å². The number of hydrogen-bond donors (Lipinski definition) is 0. The Hall–Kier alpha value is -0.530. The molecular formula is C30H58ClN. The zero-order chi connectivity index (χ0) is 23.2. The molecule has 0 saturated carbocycles. The zero-order valence-electron chi connectivity index (χ0n) is 22.8. The van der Waals surface area contributed by atoms with E-state index in [-0.39, 0.29) is 12.4 Å². The van der Waals surface area contributed by atoms with Gasteiger partial charge in [-0.1, -0.05) is 103 Å². The van der Waals surface area contributed by atoms with Gasteiger partial charge in [-0.3, -0.25) is 0 Å². The molecule has 2 heteroatoms. The normalized spacial score (nSPS) is 11.9. The Bertz CT molecular complexity index is 442. The first-order chi connectivity index (χ1) is 15.1. The minimum Gasteiger partial charge on any atom is -1.00 e. The second-order valence-electron chi connectivity index (χ2n) is 9.73. The van der Waals surface area contributed by atoms with Crippen molar-refractivity contribution in [1.29, 1.82) is 0 Å². The molecule has 0 heterocycles. The maximum absolute atomic E-state index is 2.43. The molecule has 1 unspecified atom stereocenters. The maximum Gasteiger partial charge on any atom is 0.0786 e. The molecule has 32 heavy (non-hydrogen) atoms. The van der Waals surface area contributed by atoms with Crippen molar-refractivity contribution in [1.82, 2.24) is 0 Å². The molecule has 0 radical (unpaired) electrons. The molecule has 0 aliphatic carbocycles. The predicted octanol–water partition coefficient (Wildman–Crippen LogP) is 6.77. The molecule has 1 atom stereocenters. The van der Waals surface area contributed by atoms with Crippen LogP contribution in [0.4, 0.5) is 0 Å². The van der Waals surface area contributed by atoms with Crippen LogP contribution in [0.2, 0.25) is 0 Å². The number of benzene rings is 1. The molecule has 0 saturated heterocycles. The molecule has 1 rings (SSSR count). The minimum atomic E-state index is 0. The van der Waals surface area contributed by atoms with Crippen LogP contribution < -0.4 is 12.4 Å². The first-order valence-electron chi connectivity index (χ1n) is 14.0. The lowest BCUT2D eigenvalue weighted by Gasteiger charge is -2.38. The lowest BCUT2D eigenvalue weighted by atomic mass is 9.99. The summed E-state index contributed by atoms with van der Waals surface area (Å²) in [6.45, 7) is 19.5. The van der Waals surface area contributed by atoms with Gasteiger partial charge in [0.2, 0.25) is 0 Å². The number of halogens is 1. The fourth-order valence-corrected chi connectivity index (χ4v) is 4.45. The summed E-state index contributed by atoms with van der Waals surface area (Å²) < 4.78 is 1.41. The van der Waals surface area contributed by atoms with Gasteiger partial charge in [0.15, 0.2) is 0 Å². The van der Waals surface area contributed by atoms with Gasteiger partial charge in [0, 0.05) is 0 Å². The number of unbranched alkanes of at least 4 members (excludes halogenated alkanes) is 9. The van der Waals surface area contributed by atoms with Crippen LogP contribution in [-0.4, -0.2) is 30.7 Å². The fraction of sp³-hybridized carbons (Fsp3) is 0.800. The van der Waals surface area contributed by atoms with Crippen LogP contribution in [-0.2, 0) is 0 Å². The molecule has 0 fully saturated rings. The van der Waals surface area contributed by atoms with Gasteiger partial charge in [0.05, 0.1) is 26.2 Å². The van der Waals surface area contributed by atoms with Gasteiger partial charge in [-0.25, -0.2) is 0 Å². The molecule has 1 aromatic rings. The van der Waals surface area contributed by atoms with Crippen molar-refractivity contribution in [3.8, 4) is 0 Å². The van der Waals surface area contributed by atoms with E-state index in [1.165, 1.54) is 120 Å². The smallest absolute Gasteiger partial charge is 0.0786 e. The van der Waals surface area contributed by atoms with Crippen LogP contribution in [0.1, 0.15) is 136 Å². The van der Waals surface area contributed by atoms with Gasteiger partial charge in [-0.15, -0.1) is 0 Å². The fourth-order valence-electron chi connectivity index (χ4n) is 4.45. The molecule has 190 valence electrons. The average molecular weight is 468 g/mol. The van der Waals surface area contributed by atoms with Gasteiger partial charge in [0.25, 0.3) is 0 Å². The predicted molar refractivity (Wildman–Crippen MR) is 143 cm³/mol. The summed E-state index contributed by atoms with van der Waals surface area (Å²) in [6, 6.07) is 10.6. The van der Waals surface area contributed by atoms with Crippen LogP contribution in [0.5, 0.6) is 0 Å². The maximum atomic E-state index is 2.43. The summed E-state index contributed by atoms with van der Waals surface area (Å²) in [4.78, 5) is 0. The molecular weight excluding hydrogens is 410 g/mol. The number of quaternary nitrogens is 1. The largest absolute Gasteiger partial charge is 1.00 e. The average Bonchev–Trinajstić information content (AvgIpc) is 2.82.